The number of urea groups is 1. The van der Waals surface area contributed by atoms with Crippen molar-refractivity contribution in [2.45, 2.75) is 32.0 Å². The normalized spacial score (nSPS) is 17.9. The summed E-state index contributed by atoms with van der Waals surface area (Å²) in [6, 6.07) is 2.26. The second-order valence-corrected chi connectivity index (χ2v) is 8.98. The summed E-state index contributed by atoms with van der Waals surface area (Å²) in [5.41, 5.74) is 1.07. The molecule has 4 heterocycles. The Balaban J connectivity index is 1.34. The number of piperidine rings is 1. The molecule has 1 fully saturated rings. The van der Waals surface area contributed by atoms with Crippen molar-refractivity contribution in [1.29, 1.82) is 0 Å². The fourth-order valence-electron chi connectivity index (χ4n) is 3.48. The smallest absolute Gasteiger partial charge is 0.340 e. The number of amides is 5. The van der Waals surface area contributed by atoms with E-state index in [4.69, 9.17) is 0 Å². The quantitative estimate of drug-likeness (QED) is 0.457. The van der Waals surface area contributed by atoms with Crippen LogP contribution in [0.15, 0.2) is 17.5 Å². The molecule has 0 saturated carbocycles. The second kappa shape index (κ2) is 8.47. The van der Waals surface area contributed by atoms with E-state index >= 15 is 0 Å². The van der Waals surface area contributed by atoms with Crippen molar-refractivity contribution in [3.05, 3.63) is 38.4 Å². The summed E-state index contributed by atoms with van der Waals surface area (Å²) >= 11 is 2.46. The lowest BCUT2D eigenvalue weighted by molar-refractivity contribution is -0.136. The summed E-state index contributed by atoms with van der Waals surface area (Å²) in [5.74, 6) is -1.55. The molecule has 1 saturated heterocycles. The molecule has 10 nitrogen and oxygen atoms in total. The average molecular weight is 463 g/mol. The zero-order valence-corrected chi connectivity index (χ0v) is 18.0. The van der Waals surface area contributed by atoms with Crippen LogP contribution < -0.4 is 16.0 Å². The first-order valence-electron chi connectivity index (χ1n) is 9.34. The number of rotatable bonds is 5. The van der Waals surface area contributed by atoms with Crippen LogP contribution >= 0.6 is 22.7 Å². The third-order valence-electron chi connectivity index (χ3n) is 4.96. The molecule has 0 radical (unpaired) electrons. The molecule has 0 aromatic carbocycles. The number of thiophene rings is 2. The van der Waals surface area contributed by atoms with Gasteiger partial charge in [-0.25, -0.2) is 9.59 Å². The Morgan fingerprint density at radius 1 is 1.32 bits per heavy atom. The molecule has 3 N–H and O–H groups in total. The van der Waals surface area contributed by atoms with Gasteiger partial charge in [0.1, 0.15) is 11.0 Å². The van der Waals surface area contributed by atoms with Gasteiger partial charge in [-0.15, -0.1) is 22.7 Å². The number of hydrogen-bond donors (Lipinski definition) is 3. The number of ether oxygens (including phenoxy) is 1. The van der Waals surface area contributed by atoms with E-state index in [9.17, 15) is 24.0 Å². The van der Waals surface area contributed by atoms with Crippen LogP contribution in [-0.2, 0) is 27.4 Å². The molecule has 31 heavy (non-hydrogen) atoms. The molecule has 1 atom stereocenters. The highest BCUT2D eigenvalue weighted by atomic mass is 32.1. The number of nitrogens with one attached hydrogen (secondary N) is 3. The van der Waals surface area contributed by atoms with Gasteiger partial charge < -0.3 is 15.0 Å². The first-order chi connectivity index (χ1) is 14.9. The number of hydrogen-bond acceptors (Lipinski definition) is 8. The zero-order chi connectivity index (χ0) is 22.1. The van der Waals surface area contributed by atoms with E-state index in [1.807, 2.05) is 6.07 Å². The largest absolute Gasteiger partial charge is 0.465 e. The van der Waals surface area contributed by atoms with Crippen molar-refractivity contribution < 1.29 is 28.7 Å². The van der Waals surface area contributed by atoms with E-state index in [0.29, 0.717) is 22.8 Å². The highest BCUT2D eigenvalue weighted by Crippen LogP contribution is 2.33. The van der Waals surface area contributed by atoms with E-state index in [0.717, 1.165) is 10.4 Å². The van der Waals surface area contributed by atoms with E-state index in [2.05, 4.69) is 20.7 Å². The molecule has 1 unspecified atom stereocenters. The van der Waals surface area contributed by atoms with Gasteiger partial charge in [-0.1, -0.05) is 0 Å². The van der Waals surface area contributed by atoms with Gasteiger partial charge in [-0.05, 0) is 29.5 Å². The number of carbonyl (C=O) groups is 5. The number of anilines is 1. The highest BCUT2D eigenvalue weighted by molar-refractivity contribution is 7.15. The Labute approximate surface area is 184 Å². The Hall–Kier alpha value is -3.25. The number of imide groups is 1. The van der Waals surface area contributed by atoms with Gasteiger partial charge in [0, 0.05) is 17.8 Å². The molecule has 2 aliphatic rings. The van der Waals surface area contributed by atoms with Crippen molar-refractivity contribution in [2.75, 3.05) is 12.4 Å². The summed E-state index contributed by atoms with van der Waals surface area (Å²) in [6.45, 7) is 0.495. The van der Waals surface area contributed by atoms with E-state index < -0.39 is 23.9 Å². The molecule has 2 aromatic rings. The standard InChI is InChI=1S/C19H18N4O6S2/c1-29-18(27)11-4-5-30-16(11)22-19(28)20-7-10-6-9-8-23(17(26)14(9)31-10)12-2-3-13(24)21-15(12)25/h4-6,12H,2-3,7-8H2,1H3,(H2,20,22,28)(H,21,24,25). The van der Waals surface area contributed by atoms with Crippen molar-refractivity contribution in [2.24, 2.45) is 0 Å². The number of fused-ring (bicyclic) bond motifs is 1. The minimum Gasteiger partial charge on any atom is -0.465 e. The third kappa shape index (κ3) is 4.16. The van der Waals surface area contributed by atoms with Crippen molar-refractivity contribution in [3.63, 3.8) is 0 Å². The summed E-state index contributed by atoms with van der Waals surface area (Å²) in [7, 11) is 1.27. The summed E-state index contributed by atoms with van der Waals surface area (Å²) < 4.78 is 4.68. The predicted molar refractivity (Wildman–Crippen MR) is 112 cm³/mol. The molecule has 2 aromatic heterocycles. The Bertz CT molecular complexity index is 1090. The van der Waals surface area contributed by atoms with Gasteiger partial charge in [-0.3, -0.25) is 25.0 Å². The Kier molecular flexibility index (Phi) is 5.74. The van der Waals surface area contributed by atoms with Crippen LogP contribution in [0.1, 0.15) is 43.3 Å². The van der Waals surface area contributed by atoms with Crippen molar-refractivity contribution >= 4 is 57.4 Å². The van der Waals surface area contributed by atoms with E-state index in [-0.39, 0.29) is 30.3 Å². The number of nitrogens with zero attached hydrogens (tertiary/aromatic N) is 1. The fourth-order valence-corrected chi connectivity index (χ4v) is 5.32. The lowest BCUT2D eigenvalue weighted by Crippen LogP contribution is -2.52. The Morgan fingerprint density at radius 2 is 2.13 bits per heavy atom. The van der Waals surface area contributed by atoms with Crippen LogP contribution in [0.25, 0.3) is 0 Å². The first-order valence-corrected chi connectivity index (χ1v) is 11.0. The lowest BCUT2D eigenvalue weighted by atomic mass is 10.0. The highest BCUT2D eigenvalue weighted by Gasteiger charge is 2.40. The predicted octanol–water partition coefficient (Wildman–Crippen LogP) is 1.68. The first kappa shape index (κ1) is 21.0. The monoisotopic (exact) mass is 462 g/mol. The van der Waals surface area contributed by atoms with Crippen LogP contribution in [0, 0.1) is 0 Å². The van der Waals surface area contributed by atoms with Gasteiger partial charge in [0.15, 0.2) is 0 Å². The molecule has 0 spiro atoms. The molecule has 0 bridgehead atoms. The summed E-state index contributed by atoms with van der Waals surface area (Å²) in [5, 5.41) is 9.64. The SMILES string of the molecule is COC(=O)c1ccsc1NC(=O)NCc1cc2c(s1)C(=O)N(C1CCC(=O)NC1=O)C2. The Morgan fingerprint density at radius 3 is 2.84 bits per heavy atom. The number of carbonyl (C=O) groups excluding carboxylic acids is 5. The van der Waals surface area contributed by atoms with E-state index in [1.54, 1.807) is 11.4 Å². The molecule has 4 rings (SSSR count). The molecule has 12 heteroatoms. The number of esters is 1. The summed E-state index contributed by atoms with van der Waals surface area (Å²) in [6.07, 6.45) is 0.524. The van der Waals surface area contributed by atoms with Gasteiger partial charge in [0.05, 0.1) is 24.1 Å². The molecule has 2 aliphatic heterocycles. The van der Waals surface area contributed by atoms with Crippen molar-refractivity contribution in [1.82, 2.24) is 15.5 Å². The maximum Gasteiger partial charge on any atom is 0.340 e. The minimum atomic E-state index is -0.646. The average Bonchev–Trinajstić information content (AvgIpc) is 3.43. The molecular weight excluding hydrogens is 444 g/mol. The maximum absolute atomic E-state index is 12.7. The third-order valence-corrected chi connectivity index (χ3v) is 6.96. The van der Waals surface area contributed by atoms with Crippen LogP contribution in [-0.4, -0.2) is 47.8 Å². The molecular formula is C19H18N4O6S2. The van der Waals surface area contributed by atoms with Gasteiger partial charge in [0.25, 0.3) is 5.91 Å². The zero-order valence-electron chi connectivity index (χ0n) is 16.4. The van der Waals surface area contributed by atoms with Gasteiger partial charge in [0.2, 0.25) is 11.8 Å². The summed E-state index contributed by atoms with van der Waals surface area (Å²) in [4.78, 5) is 62.8. The molecule has 0 aliphatic carbocycles. The minimum absolute atomic E-state index is 0.203. The number of methoxy groups -OCH3 is 1. The van der Waals surface area contributed by atoms with Crippen LogP contribution in [0.4, 0.5) is 9.80 Å². The maximum atomic E-state index is 12.7. The van der Waals surface area contributed by atoms with Crippen LogP contribution in [0.5, 0.6) is 0 Å². The van der Waals surface area contributed by atoms with Gasteiger partial charge >= 0.3 is 12.0 Å². The van der Waals surface area contributed by atoms with Crippen LogP contribution in [0.2, 0.25) is 0 Å². The molecule has 162 valence electrons. The second-order valence-electron chi connectivity index (χ2n) is 6.93. The van der Waals surface area contributed by atoms with Crippen molar-refractivity contribution in [3.8, 4) is 0 Å². The van der Waals surface area contributed by atoms with Gasteiger partial charge in [-0.2, -0.15) is 0 Å². The topological polar surface area (TPSA) is 134 Å². The fraction of sp³-hybridized carbons (Fsp3) is 0.316. The molecule has 5 amide bonds. The lowest BCUT2D eigenvalue weighted by Gasteiger charge is -2.29. The van der Waals surface area contributed by atoms with E-state index in [1.165, 1.54) is 34.7 Å². The van der Waals surface area contributed by atoms with Crippen LogP contribution in [0.3, 0.4) is 0 Å².